The standard InChI is InChI=1S/C12H13NO5/c1-7(2-3-11(15)16)13-10(14)6-9-8(12(13)17)4-5-18-9/h4-5,7H,2-3,6H2,1H3,(H,15,16). The van der Waals surface area contributed by atoms with E-state index in [2.05, 4.69) is 0 Å². The van der Waals surface area contributed by atoms with Crippen LogP contribution >= 0.6 is 0 Å². The lowest BCUT2D eigenvalue weighted by Gasteiger charge is -2.29. The zero-order valence-corrected chi connectivity index (χ0v) is 9.88. The average molecular weight is 251 g/mol. The van der Waals surface area contributed by atoms with E-state index in [4.69, 9.17) is 9.52 Å². The van der Waals surface area contributed by atoms with Crippen LogP contribution in [0.5, 0.6) is 0 Å². The molecule has 0 radical (unpaired) electrons. The molecule has 0 fully saturated rings. The van der Waals surface area contributed by atoms with E-state index in [0.717, 1.165) is 4.90 Å². The minimum atomic E-state index is -0.942. The van der Waals surface area contributed by atoms with Crippen molar-refractivity contribution >= 4 is 17.8 Å². The molecule has 96 valence electrons. The Bertz CT molecular complexity index is 504. The summed E-state index contributed by atoms with van der Waals surface area (Å²) in [7, 11) is 0. The van der Waals surface area contributed by atoms with Gasteiger partial charge in [-0.05, 0) is 19.4 Å². The highest BCUT2D eigenvalue weighted by Crippen LogP contribution is 2.23. The molecule has 1 unspecified atom stereocenters. The normalized spacial score (nSPS) is 16.6. The topological polar surface area (TPSA) is 87.8 Å². The molecule has 6 heteroatoms. The van der Waals surface area contributed by atoms with Gasteiger partial charge in [-0.15, -0.1) is 0 Å². The highest BCUT2D eigenvalue weighted by Gasteiger charge is 2.35. The molecule has 0 bridgehead atoms. The van der Waals surface area contributed by atoms with E-state index in [1.807, 2.05) is 0 Å². The van der Waals surface area contributed by atoms with Crippen molar-refractivity contribution in [2.45, 2.75) is 32.2 Å². The number of aliphatic carboxylic acids is 1. The van der Waals surface area contributed by atoms with Gasteiger partial charge in [-0.2, -0.15) is 0 Å². The molecule has 1 aliphatic heterocycles. The number of carbonyl (C=O) groups is 3. The van der Waals surface area contributed by atoms with Crippen molar-refractivity contribution in [2.24, 2.45) is 0 Å². The predicted molar refractivity (Wildman–Crippen MR) is 59.9 cm³/mol. The van der Waals surface area contributed by atoms with E-state index >= 15 is 0 Å². The van der Waals surface area contributed by atoms with Gasteiger partial charge in [0.1, 0.15) is 5.76 Å². The molecule has 6 nitrogen and oxygen atoms in total. The number of nitrogens with zero attached hydrogens (tertiary/aromatic N) is 1. The highest BCUT2D eigenvalue weighted by atomic mass is 16.4. The molecule has 0 aromatic carbocycles. The van der Waals surface area contributed by atoms with E-state index in [9.17, 15) is 14.4 Å². The molecular formula is C12H13NO5. The second-order valence-electron chi connectivity index (χ2n) is 4.28. The number of furan rings is 1. The second-order valence-corrected chi connectivity index (χ2v) is 4.28. The molecular weight excluding hydrogens is 238 g/mol. The Kier molecular flexibility index (Phi) is 3.18. The number of hydrogen-bond acceptors (Lipinski definition) is 4. The fraction of sp³-hybridized carbons (Fsp3) is 0.417. The molecule has 0 spiro atoms. The Labute approximate surface area is 103 Å². The van der Waals surface area contributed by atoms with Crippen LogP contribution in [0.25, 0.3) is 0 Å². The molecule has 1 N–H and O–H groups in total. The Balaban J connectivity index is 2.16. The summed E-state index contributed by atoms with van der Waals surface area (Å²) in [6.45, 7) is 1.67. The fourth-order valence-electron chi connectivity index (χ4n) is 2.04. The predicted octanol–water partition coefficient (Wildman–Crippen LogP) is 1.06. The summed E-state index contributed by atoms with van der Waals surface area (Å²) >= 11 is 0. The van der Waals surface area contributed by atoms with E-state index in [1.54, 1.807) is 6.92 Å². The number of carboxylic acid groups (broad SMARTS) is 1. The molecule has 0 saturated carbocycles. The smallest absolute Gasteiger partial charge is 0.303 e. The van der Waals surface area contributed by atoms with Crippen molar-refractivity contribution in [3.63, 3.8) is 0 Å². The minimum Gasteiger partial charge on any atom is -0.481 e. The number of fused-ring (bicyclic) bond motifs is 1. The number of imide groups is 1. The summed E-state index contributed by atoms with van der Waals surface area (Å²) in [5.41, 5.74) is 0.386. The van der Waals surface area contributed by atoms with Crippen molar-refractivity contribution in [3.05, 3.63) is 23.7 Å². The SMILES string of the molecule is CC(CCC(=O)O)N1C(=O)Cc2occc2C1=O. The molecule has 0 aliphatic carbocycles. The zero-order chi connectivity index (χ0) is 13.3. The average Bonchev–Trinajstić information content (AvgIpc) is 2.74. The van der Waals surface area contributed by atoms with E-state index in [1.165, 1.54) is 12.3 Å². The van der Waals surface area contributed by atoms with Crippen molar-refractivity contribution in [1.82, 2.24) is 4.90 Å². The van der Waals surface area contributed by atoms with Crippen LogP contribution in [0.1, 0.15) is 35.9 Å². The maximum atomic E-state index is 12.1. The molecule has 18 heavy (non-hydrogen) atoms. The summed E-state index contributed by atoms with van der Waals surface area (Å²) in [6, 6.07) is 1.10. The number of rotatable bonds is 4. The molecule has 2 amide bonds. The number of amides is 2. The lowest BCUT2D eigenvalue weighted by atomic mass is 10.0. The first-order valence-electron chi connectivity index (χ1n) is 5.65. The van der Waals surface area contributed by atoms with Gasteiger partial charge in [0.15, 0.2) is 0 Å². The Morgan fingerprint density at radius 3 is 2.94 bits per heavy atom. The lowest BCUT2D eigenvalue weighted by molar-refractivity contribution is -0.138. The molecule has 1 aromatic heterocycles. The second kappa shape index (κ2) is 4.64. The van der Waals surface area contributed by atoms with E-state index < -0.39 is 17.9 Å². The van der Waals surface area contributed by atoms with Crippen LogP contribution < -0.4 is 0 Å². The summed E-state index contributed by atoms with van der Waals surface area (Å²) in [4.78, 5) is 35.6. The van der Waals surface area contributed by atoms with Crippen LogP contribution in [0.15, 0.2) is 16.7 Å². The zero-order valence-electron chi connectivity index (χ0n) is 9.88. The third-order valence-corrected chi connectivity index (χ3v) is 2.99. The van der Waals surface area contributed by atoms with Crippen LogP contribution in [0.2, 0.25) is 0 Å². The maximum Gasteiger partial charge on any atom is 0.303 e. The van der Waals surface area contributed by atoms with Crippen LogP contribution in [-0.4, -0.2) is 33.8 Å². The molecule has 2 heterocycles. The van der Waals surface area contributed by atoms with E-state index in [0.29, 0.717) is 11.3 Å². The van der Waals surface area contributed by atoms with Crippen LogP contribution in [0.4, 0.5) is 0 Å². The first kappa shape index (κ1) is 12.3. The van der Waals surface area contributed by atoms with Gasteiger partial charge in [-0.25, -0.2) is 0 Å². The molecule has 1 atom stereocenters. The first-order chi connectivity index (χ1) is 8.50. The fourth-order valence-corrected chi connectivity index (χ4v) is 2.04. The molecule has 2 rings (SSSR count). The quantitative estimate of drug-likeness (QED) is 0.808. The third-order valence-electron chi connectivity index (χ3n) is 2.99. The van der Waals surface area contributed by atoms with Gasteiger partial charge >= 0.3 is 5.97 Å². The van der Waals surface area contributed by atoms with Gasteiger partial charge in [0, 0.05) is 12.5 Å². The van der Waals surface area contributed by atoms with Crippen molar-refractivity contribution in [1.29, 1.82) is 0 Å². The molecule has 1 aliphatic rings. The summed E-state index contributed by atoms with van der Waals surface area (Å²) < 4.78 is 5.06. The maximum absolute atomic E-state index is 12.1. The van der Waals surface area contributed by atoms with Gasteiger partial charge in [0.25, 0.3) is 5.91 Å². The van der Waals surface area contributed by atoms with Crippen molar-refractivity contribution in [2.75, 3.05) is 0 Å². The van der Waals surface area contributed by atoms with Crippen molar-refractivity contribution < 1.29 is 23.9 Å². The third kappa shape index (κ3) is 2.13. The van der Waals surface area contributed by atoms with Crippen LogP contribution in [0.3, 0.4) is 0 Å². The monoisotopic (exact) mass is 251 g/mol. The first-order valence-corrected chi connectivity index (χ1v) is 5.65. The van der Waals surface area contributed by atoms with Gasteiger partial charge in [0.05, 0.1) is 18.2 Å². The Morgan fingerprint density at radius 1 is 1.56 bits per heavy atom. The number of hydrogen-bond donors (Lipinski definition) is 1. The summed E-state index contributed by atoms with van der Waals surface area (Å²) in [5.74, 6) is -1.32. The Hall–Kier alpha value is -2.11. The summed E-state index contributed by atoms with van der Waals surface area (Å²) in [6.07, 6.45) is 1.60. The number of carbonyl (C=O) groups excluding carboxylic acids is 2. The van der Waals surface area contributed by atoms with Gasteiger partial charge in [-0.3, -0.25) is 19.3 Å². The van der Waals surface area contributed by atoms with Gasteiger partial charge in [0.2, 0.25) is 5.91 Å². The lowest BCUT2D eigenvalue weighted by Crippen LogP contribution is -2.47. The minimum absolute atomic E-state index is 0.0471. The van der Waals surface area contributed by atoms with Crippen molar-refractivity contribution in [3.8, 4) is 0 Å². The summed E-state index contributed by atoms with van der Waals surface area (Å²) in [5, 5.41) is 8.61. The van der Waals surface area contributed by atoms with Gasteiger partial charge in [-0.1, -0.05) is 0 Å². The molecule has 1 aromatic rings. The highest BCUT2D eigenvalue weighted by molar-refractivity contribution is 6.09. The largest absolute Gasteiger partial charge is 0.481 e. The molecule has 0 saturated heterocycles. The van der Waals surface area contributed by atoms with Crippen LogP contribution in [0, 0.1) is 0 Å². The van der Waals surface area contributed by atoms with E-state index in [-0.39, 0.29) is 25.2 Å². The van der Waals surface area contributed by atoms with Crippen LogP contribution in [-0.2, 0) is 16.0 Å². The number of carboxylic acids is 1. The van der Waals surface area contributed by atoms with Gasteiger partial charge < -0.3 is 9.52 Å². The Morgan fingerprint density at radius 2 is 2.28 bits per heavy atom.